The van der Waals surface area contributed by atoms with Crippen LogP contribution in [0.2, 0.25) is 0 Å². The molecule has 2 aliphatic heterocycles. The van der Waals surface area contributed by atoms with E-state index in [1.54, 1.807) is 7.11 Å². The zero-order valence-corrected chi connectivity index (χ0v) is 18.7. The highest BCUT2D eigenvalue weighted by Crippen LogP contribution is 2.23. The molecule has 0 aromatic heterocycles. The van der Waals surface area contributed by atoms with Crippen LogP contribution >= 0.6 is 0 Å². The van der Waals surface area contributed by atoms with E-state index in [-0.39, 0.29) is 17.9 Å². The first-order valence-corrected chi connectivity index (χ1v) is 11.1. The summed E-state index contributed by atoms with van der Waals surface area (Å²) in [5, 5.41) is 0. The van der Waals surface area contributed by atoms with Crippen LogP contribution in [-0.4, -0.2) is 62.6 Å². The zero-order valence-electron chi connectivity index (χ0n) is 18.7. The lowest BCUT2D eigenvalue weighted by Gasteiger charge is -2.36. The molecule has 0 aliphatic carbocycles. The molecule has 2 amide bonds. The Balaban J connectivity index is 1.34. The highest BCUT2D eigenvalue weighted by Gasteiger charge is 2.45. The van der Waals surface area contributed by atoms with Crippen LogP contribution in [0.3, 0.4) is 0 Å². The van der Waals surface area contributed by atoms with Gasteiger partial charge in [-0.25, -0.2) is 0 Å². The molecule has 1 N–H and O–H groups in total. The lowest BCUT2D eigenvalue weighted by Crippen LogP contribution is -3.19. The van der Waals surface area contributed by atoms with Crippen LogP contribution in [0.5, 0.6) is 5.75 Å². The Bertz CT molecular complexity index is 949. The van der Waals surface area contributed by atoms with E-state index in [1.807, 2.05) is 24.3 Å². The molecule has 0 saturated carbocycles. The van der Waals surface area contributed by atoms with Crippen molar-refractivity contribution in [2.45, 2.75) is 32.7 Å². The highest BCUT2D eigenvalue weighted by atomic mass is 16.5. The summed E-state index contributed by atoms with van der Waals surface area (Å²) in [7, 11) is 1.64. The Labute approximate surface area is 184 Å². The molecule has 2 aliphatic rings. The van der Waals surface area contributed by atoms with Gasteiger partial charge in [-0.3, -0.25) is 14.5 Å². The Morgan fingerprint density at radius 1 is 1.03 bits per heavy atom. The number of aryl methyl sites for hydroxylation is 1. The number of benzene rings is 2. The maximum atomic E-state index is 13.0. The molecular weight excluding hydrogens is 390 g/mol. The predicted octanol–water partition coefficient (Wildman–Crippen LogP) is 1.39. The van der Waals surface area contributed by atoms with Crippen molar-refractivity contribution in [2.24, 2.45) is 0 Å². The third kappa shape index (κ3) is 4.44. The van der Waals surface area contributed by atoms with Crippen molar-refractivity contribution in [3.8, 4) is 5.75 Å². The molecule has 2 heterocycles. The molecule has 2 saturated heterocycles. The number of anilines is 1. The van der Waals surface area contributed by atoms with Gasteiger partial charge in [-0.2, -0.15) is 0 Å². The molecule has 2 fully saturated rings. The van der Waals surface area contributed by atoms with Crippen LogP contribution in [0, 0.1) is 13.8 Å². The fraction of sp³-hybridized carbons (Fsp3) is 0.440. The number of ether oxygens (including phenoxy) is 1. The normalized spacial score (nSPS) is 19.9. The second-order valence-electron chi connectivity index (χ2n) is 8.60. The second kappa shape index (κ2) is 9.10. The first-order chi connectivity index (χ1) is 15.0. The molecule has 2 aromatic carbocycles. The first-order valence-electron chi connectivity index (χ1n) is 11.1. The number of carbonyl (C=O) groups excluding carboxylic acids is 2. The largest absolute Gasteiger partial charge is 0.497 e. The van der Waals surface area contributed by atoms with Crippen molar-refractivity contribution in [1.82, 2.24) is 4.90 Å². The Hall–Kier alpha value is -2.86. The van der Waals surface area contributed by atoms with Gasteiger partial charge in [0, 0.05) is 12.2 Å². The molecule has 0 unspecified atom stereocenters. The molecular formula is C25H32N3O3+. The number of hydrogen-bond donors (Lipinski definition) is 1. The number of likely N-dealkylation sites (tertiary alicyclic amines) is 1. The molecule has 164 valence electrons. The van der Waals surface area contributed by atoms with Crippen LogP contribution in [0.25, 0.3) is 0 Å². The standard InChI is InChI=1S/C25H31N3O3/c1-18-5-4-6-22(19(18)2)26-13-15-27(16-14-26)23-17-24(29)28(25(23)30)12-11-20-7-9-21(31-3)10-8-20/h4-10,23H,11-17H2,1-3H3/p+1/t23-/m1/s1. The second-order valence-corrected chi connectivity index (χ2v) is 8.60. The lowest BCUT2D eigenvalue weighted by atomic mass is 10.1. The number of piperazine rings is 1. The van der Waals surface area contributed by atoms with Crippen molar-refractivity contribution in [3.63, 3.8) is 0 Å². The van der Waals surface area contributed by atoms with Crippen LogP contribution < -0.4 is 14.5 Å². The summed E-state index contributed by atoms with van der Waals surface area (Å²) in [5.74, 6) is 0.766. The first kappa shape index (κ1) is 21.4. The molecule has 4 rings (SSSR count). The highest BCUT2D eigenvalue weighted by molar-refractivity contribution is 6.04. The van der Waals surface area contributed by atoms with Gasteiger partial charge in [0.15, 0.2) is 6.04 Å². The Morgan fingerprint density at radius 3 is 2.42 bits per heavy atom. The number of nitrogens with one attached hydrogen (secondary N) is 1. The topological polar surface area (TPSA) is 54.3 Å². The van der Waals surface area contributed by atoms with Gasteiger partial charge in [0.1, 0.15) is 5.75 Å². The number of hydrogen-bond acceptors (Lipinski definition) is 4. The van der Waals surface area contributed by atoms with Crippen molar-refractivity contribution in [2.75, 3.05) is 44.7 Å². The van der Waals surface area contributed by atoms with Crippen molar-refractivity contribution in [3.05, 3.63) is 59.2 Å². The van der Waals surface area contributed by atoms with Gasteiger partial charge in [0.25, 0.3) is 5.91 Å². The summed E-state index contributed by atoms with van der Waals surface area (Å²) < 4.78 is 5.19. The maximum Gasteiger partial charge on any atom is 0.288 e. The van der Waals surface area contributed by atoms with Gasteiger partial charge in [0.2, 0.25) is 5.91 Å². The Kier molecular flexibility index (Phi) is 6.28. The molecule has 6 nitrogen and oxygen atoms in total. The number of amides is 2. The molecule has 0 radical (unpaired) electrons. The van der Waals surface area contributed by atoms with Crippen molar-refractivity contribution < 1.29 is 19.2 Å². The van der Waals surface area contributed by atoms with Crippen LogP contribution in [0.15, 0.2) is 42.5 Å². The van der Waals surface area contributed by atoms with E-state index in [0.29, 0.717) is 19.4 Å². The third-order valence-electron chi connectivity index (χ3n) is 6.84. The van der Waals surface area contributed by atoms with E-state index in [9.17, 15) is 9.59 Å². The monoisotopic (exact) mass is 422 g/mol. The van der Waals surface area contributed by atoms with E-state index < -0.39 is 0 Å². The number of quaternary nitrogens is 1. The van der Waals surface area contributed by atoms with Gasteiger partial charge in [0.05, 0.1) is 39.7 Å². The van der Waals surface area contributed by atoms with Crippen molar-refractivity contribution in [1.29, 1.82) is 0 Å². The average Bonchev–Trinajstić information content (AvgIpc) is 3.08. The minimum Gasteiger partial charge on any atom is -0.497 e. The quantitative estimate of drug-likeness (QED) is 0.715. The van der Waals surface area contributed by atoms with E-state index >= 15 is 0 Å². The van der Waals surface area contributed by atoms with Crippen LogP contribution in [-0.2, 0) is 16.0 Å². The molecule has 0 bridgehead atoms. The smallest absolute Gasteiger partial charge is 0.288 e. The van der Waals surface area contributed by atoms with Gasteiger partial charge in [-0.1, -0.05) is 24.3 Å². The van der Waals surface area contributed by atoms with E-state index in [2.05, 4.69) is 36.9 Å². The fourth-order valence-electron chi connectivity index (χ4n) is 4.73. The molecule has 31 heavy (non-hydrogen) atoms. The summed E-state index contributed by atoms with van der Waals surface area (Å²) in [6, 6.07) is 14.0. The number of carbonyl (C=O) groups is 2. The van der Waals surface area contributed by atoms with E-state index in [0.717, 1.165) is 37.5 Å². The van der Waals surface area contributed by atoms with Gasteiger partial charge >= 0.3 is 0 Å². The average molecular weight is 423 g/mol. The van der Waals surface area contributed by atoms with E-state index in [4.69, 9.17) is 4.74 Å². The molecule has 0 spiro atoms. The molecule has 2 aromatic rings. The maximum absolute atomic E-state index is 13.0. The lowest BCUT2D eigenvalue weighted by molar-refractivity contribution is -0.915. The number of methoxy groups -OCH3 is 1. The fourth-order valence-corrected chi connectivity index (χ4v) is 4.73. The summed E-state index contributed by atoms with van der Waals surface area (Å²) >= 11 is 0. The SMILES string of the molecule is COc1ccc(CCN2C(=O)C[C@@H]([NH+]3CCN(c4cccc(C)c4C)CC3)C2=O)cc1. The zero-order chi connectivity index (χ0) is 22.0. The summed E-state index contributed by atoms with van der Waals surface area (Å²) in [6.45, 7) is 8.33. The Morgan fingerprint density at radius 2 is 1.74 bits per heavy atom. The third-order valence-corrected chi connectivity index (χ3v) is 6.84. The minimum absolute atomic E-state index is 0.00584. The summed E-state index contributed by atoms with van der Waals surface area (Å²) in [4.78, 5) is 30.8. The van der Waals surface area contributed by atoms with Gasteiger partial charge < -0.3 is 14.5 Å². The summed E-state index contributed by atoms with van der Waals surface area (Å²) in [6.07, 6.45) is 1.00. The molecule has 1 atom stereocenters. The number of nitrogens with zero attached hydrogens (tertiary/aromatic N) is 2. The number of imide groups is 1. The van der Waals surface area contributed by atoms with Gasteiger partial charge in [-0.05, 0) is 55.2 Å². The molecule has 6 heteroatoms. The summed E-state index contributed by atoms with van der Waals surface area (Å²) in [5.41, 5.74) is 5.01. The van der Waals surface area contributed by atoms with Gasteiger partial charge in [-0.15, -0.1) is 0 Å². The van der Waals surface area contributed by atoms with Crippen LogP contribution in [0.4, 0.5) is 5.69 Å². The van der Waals surface area contributed by atoms with Crippen molar-refractivity contribution >= 4 is 17.5 Å². The number of rotatable bonds is 6. The van der Waals surface area contributed by atoms with Crippen LogP contribution in [0.1, 0.15) is 23.1 Å². The minimum atomic E-state index is -0.232. The van der Waals surface area contributed by atoms with E-state index in [1.165, 1.54) is 26.6 Å². The predicted molar refractivity (Wildman–Crippen MR) is 121 cm³/mol.